The number of amidine groups is 1. The lowest BCUT2D eigenvalue weighted by molar-refractivity contribution is -0.151. The lowest BCUT2D eigenvalue weighted by Gasteiger charge is -2.37. The molecule has 1 amide bonds. The molecule has 2 atom stereocenters. The molecular formula is C26H30FN3O5S. The van der Waals surface area contributed by atoms with E-state index >= 15 is 0 Å². The van der Waals surface area contributed by atoms with Gasteiger partial charge in [-0.25, -0.2) is 14.2 Å². The number of hydrogen-bond donors (Lipinski definition) is 0. The van der Waals surface area contributed by atoms with Gasteiger partial charge in [-0.05, 0) is 49.3 Å². The normalized spacial score (nSPS) is 21.6. The zero-order valence-electron chi connectivity index (χ0n) is 20.7. The number of halogens is 1. The number of thioether (sulfide) groups is 1. The average Bonchev–Trinajstić information content (AvgIpc) is 3.29. The second-order valence-corrected chi connectivity index (χ2v) is 9.60. The molecule has 0 unspecified atom stereocenters. The maximum Gasteiger partial charge on any atom is 0.338 e. The Morgan fingerprint density at radius 3 is 2.75 bits per heavy atom. The van der Waals surface area contributed by atoms with Crippen LogP contribution in [0.25, 0.3) is 0 Å². The average molecular weight is 516 g/mol. The summed E-state index contributed by atoms with van der Waals surface area (Å²) >= 11 is 1.37. The van der Waals surface area contributed by atoms with Gasteiger partial charge in [0.25, 0.3) is 0 Å². The third-order valence-electron chi connectivity index (χ3n) is 6.52. The number of hydrogen-bond acceptors (Lipinski definition) is 8. The maximum absolute atomic E-state index is 14.3. The van der Waals surface area contributed by atoms with E-state index < -0.39 is 17.8 Å². The van der Waals surface area contributed by atoms with Gasteiger partial charge in [0.05, 0.1) is 43.4 Å². The fourth-order valence-electron chi connectivity index (χ4n) is 4.83. The fraction of sp³-hybridized carbons (Fsp3) is 0.462. The van der Waals surface area contributed by atoms with Crippen molar-refractivity contribution in [1.82, 2.24) is 9.80 Å². The highest BCUT2D eigenvalue weighted by Gasteiger charge is 2.42. The molecule has 4 rings (SSSR count). The van der Waals surface area contributed by atoms with Crippen LogP contribution in [0.2, 0.25) is 0 Å². The zero-order chi connectivity index (χ0) is 25.8. The highest BCUT2D eigenvalue weighted by molar-refractivity contribution is 8.16. The quantitative estimate of drug-likeness (QED) is 0.504. The van der Waals surface area contributed by atoms with Crippen LogP contribution in [0.15, 0.2) is 51.6 Å². The van der Waals surface area contributed by atoms with Crippen LogP contribution < -0.4 is 0 Å². The van der Waals surface area contributed by atoms with Gasteiger partial charge in [0.15, 0.2) is 5.17 Å². The van der Waals surface area contributed by atoms with E-state index in [1.807, 2.05) is 17.2 Å². The SMILES string of the molecule is CCOC(=O)[C@@H]1CCCN(C(=O)CC2=CSC3=NC(CC)=C(C(=O)OC)[C@@H](c4cccc(F)c4)N23)C1. The van der Waals surface area contributed by atoms with Gasteiger partial charge in [0.2, 0.25) is 5.91 Å². The number of carbonyl (C=O) groups excluding carboxylic acids is 3. The molecule has 1 aromatic carbocycles. The first-order valence-electron chi connectivity index (χ1n) is 12.1. The van der Waals surface area contributed by atoms with Crippen LogP contribution in [0.3, 0.4) is 0 Å². The summed E-state index contributed by atoms with van der Waals surface area (Å²) in [6.07, 6.45) is 1.97. The van der Waals surface area contributed by atoms with Gasteiger partial charge in [0, 0.05) is 18.8 Å². The van der Waals surface area contributed by atoms with Crippen molar-refractivity contribution in [2.45, 2.75) is 45.6 Å². The summed E-state index contributed by atoms with van der Waals surface area (Å²) in [5.74, 6) is -1.70. The summed E-state index contributed by atoms with van der Waals surface area (Å²) in [4.78, 5) is 46.7. The molecule has 1 fully saturated rings. The van der Waals surface area contributed by atoms with Crippen molar-refractivity contribution in [2.75, 3.05) is 26.8 Å². The van der Waals surface area contributed by atoms with Crippen molar-refractivity contribution in [3.05, 3.63) is 58.0 Å². The summed E-state index contributed by atoms with van der Waals surface area (Å²) in [5, 5.41) is 2.48. The van der Waals surface area contributed by atoms with E-state index in [0.717, 1.165) is 6.42 Å². The molecule has 10 heteroatoms. The summed E-state index contributed by atoms with van der Waals surface area (Å²) in [7, 11) is 1.31. The maximum atomic E-state index is 14.3. The number of methoxy groups -OCH3 is 1. The molecule has 1 saturated heterocycles. The van der Waals surface area contributed by atoms with E-state index in [4.69, 9.17) is 9.47 Å². The number of piperidine rings is 1. The Morgan fingerprint density at radius 2 is 2.06 bits per heavy atom. The Balaban J connectivity index is 1.62. The summed E-state index contributed by atoms with van der Waals surface area (Å²) in [6.45, 7) is 4.86. The molecule has 0 spiro atoms. The second-order valence-electron chi connectivity index (χ2n) is 8.76. The van der Waals surface area contributed by atoms with Crippen LogP contribution in [0.5, 0.6) is 0 Å². The number of nitrogens with zero attached hydrogens (tertiary/aromatic N) is 3. The van der Waals surface area contributed by atoms with Crippen LogP contribution in [0.1, 0.15) is 51.1 Å². The predicted molar refractivity (Wildman–Crippen MR) is 134 cm³/mol. The topological polar surface area (TPSA) is 88.5 Å². The van der Waals surface area contributed by atoms with Crippen LogP contribution in [0.4, 0.5) is 4.39 Å². The number of rotatable bonds is 7. The van der Waals surface area contributed by atoms with E-state index in [1.54, 1.807) is 24.0 Å². The molecule has 3 heterocycles. The number of allylic oxidation sites excluding steroid dienone is 1. The van der Waals surface area contributed by atoms with Crippen LogP contribution in [-0.4, -0.2) is 59.6 Å². The summed E-state index contributed by atoms with van der Waals surface area (Å²) in [6, 6.07) is 5.40. The molecule has 3 aliphatic heterocycles. The number of aliphatic imine (C=N–C) groups is 1. The van der Waals surface area contributed by atoms with E-state index in [0.29, 0.717) is 60.2 Å². The van der Waals surface area contributed by atoms with Crippen LogP contribution in [-0.2, 0) is 23.9 Å². The van der Waals surface area contributed by atoms with Gasteiger partial charge < -0.3 is 19.3 Å². The minimum absolute atomic E-state index is 0.0588. The highest BCUT2D eigenvalue weighted by Crippen LogP contribution is 2.45. The van der Waals surface area contributed by atoms with Gasteiger partial charge in [-0.15, -0.1) is 0 Å². The molecule has 8 nitrogen and oxygen atoms in total. The van der Waals surface area contributed by atoms with Gasteiger partial charge in [-0.3, -0.25) is 9.59 Å². The second kappa shape index (κ2) is 11.3. The van der Waals surface area contributed by atoms with Crippen LogP contribution >= 0.6 is 11.8 Å². The number of carbonyl (C=O) groups is 3. The summed E-state index contributed by atoms with van der Waals surface area (Å²) < 4.78 is 24.5. The van der Waals surface area contributed by atoms with Gasteiger partial charge in [0.1, 0.15) is 5.82 Å². The number of benzene rings is 1. The molecule has 0 aliphatic carbocycles. The Morgan fingerprint density at radius 1 is 1.25 bits per heavy atom. The first-order chi connectivity index (χ1) is 17.4. The van der Waals surface area contributed by atoms with Crippen molar-refractivity contribution in [1.29, 1.82) is 0 Å². The molecule has 0 saturated carbocycles. The smallest absolute Gasteiger partial charge is 0.338 e. The fourth-order valence-corrected chi connectivity index (χ4v) is 5.76. The molecule has 1 aromatic rings. The Bertz CT molecular complexity index is 1150. The Kier molecular flexibility index (Phi) is 8.13. The van der Waals surface area contributed by atoms with E-state index in [-0.39, 0.29) is 24.2 Å². The lowest BCUT2D eigenvalue weighted by Crippen LogP contribution is -2.44. The minimum Gasteiger partial charge on any atom is -0.466 e. The first kappa shape index (κ1) is 25.9. The van der Waals surface area contributed by atoms with Gasteiger partial charge >= 0.3 is 11.9 Å². The predicted octanol–water partition coefficient (Wildman–Crippen LogP) is 4.16. The molecule has 0 aromatic heterocycles. The van der Waals surface area contributed by atoms with E-state index in [9.17, 15) is 18.8 Å². The Labute approximate surface area is 214 Å². The molecule has 0 bridgehead atoms. The Hall–Kier alpha value is -3.14. The summed E-state index contributed by atoms with van der Waals surface area (Å²) in [5.41, 5.74) is 2.13. The number of likely N-dealkylation sites (tertiary alicyclic amines) is 1. The highest BCUT2D eigenvalue weighted by atomic mass is 32.2. The third kappa shape index (κ3) is 5.18. The molecule has 192 valence electrons. The molecule has 0 radical (unpaired) electrons. The van der Waals surface area contributed by atoms with Gasteiger partial charge in [-0.1, -0.05) is 30.8 Å². The largest absolute Gasteiger partial charge is 0.466 e. The van der Waals surface area contributed by atoms with E-state index in [2.05, 4.69) is 4.99 Å². The van der Waals surface area contributed by atoms with Crippen molar-refractivity contribution < 1.29 is 28.2 Å². The number of ether oxygens (including phenoxy) is 2. The number of fused-ring (bicyclic) bond motifs is 1. The van der Waals surface area contributed by atoms with Crippen molar-refractivity contribution in [3.63, 3.8) is 0 Å². The van der Waals surface area contributed by atoms with E-state index in [1.165, 1.54) is 31.0 Å². The van der Waals surface area contributed by atoms with Gasteiger partial charge in [-0.2, -0.15) is 0 Å². The number of amides is 1. The molecule has 0 N–H and O–H groups in total. The van der Waals surface area contributed by atoms with Crippen molar-refractivity contribution in [3.8, 4) is 0 Å². The molecular weight excluding hydrogens is 485 g/mol. The standard InChI is InChI=1S/C26H30FN3O5S/c1-4-20-22(25(33)34-3)23(16-8-6-10-18(27)12-16)30-19(15-36-26(30)28-20)13-21(31)29-11-7-9-17(14-29)24(32)35-5-2/h6,8,10,12,15,17,23H,4-5,7,9,11,13-14H2,1-3H3/t17-,23-/m1/s1. The molecule has 3 aliphatic rings. The monoisotopic (exact) mass is 515 g/mol. The molecule has 36 heavy (non-hydrogen) atoms. The van der Waals surface area contributed by atoms with Crippen LogP contribution in [0, 0.1) is 11.7 Å². The third-order valence-corrected chi connectivity index (χ3v) is 7.41. The minimum atomic E-state index is -0.682. The zero-order valence-corrected chi connectivity index (χ0v) is 21.5. The van der Waals surface area contributed by atoms with Crippen molar-refractivity contribution in [2.24, 2.45) is 10.9 Å². The lowest BCUT2D eigenvalue weighted by atomic mass is 9.92. The first-order valence-corrected chi connectivity index (χ1v) is 13.0. The number of esters is 2. The van der Waals surface area contributed by atoms with Crippen molar-refractivity contribution >= 4 is 34.8 Å².